The van der Waals surface area contributed by atoms with Crippen molar-refractivity contribution in [2.75, 3.05) is 6.54 Å². The zero-order valence-corrected chi connectivity index (χ0v) is 11.4. The average molecular weight is 365 g/mol. The number of hydrogen-bond acceptors (Lipinski definition) is 4. The van der Waals surface area contributed by atoms with Gasteiger partial charge in [-0.05, 0) is 40.8 Å². The van der Waals surface area contributed by atoms with E-state index >= 15 is 0 Å². The van der Waals surface area contributed by atoms with Crippen LogP contribution < -0.4 is 5.32 Å². The summed E-state index contributed by atoms with van der Waals surface area (Å²) >= 11 is 2.00. The lowest BCUT2D eigenvalue weighted by Crippen LogP contribution is -2.30. The Kier molecular flexibility index (Phi) is 5.35. The van der Waals surface area contributed by atoms with Crippen LogP contribution in [0.25, 0.3) is 0 Å². The lowest BCUT2D eigenvalue weighted by molar-refractivity contribution is -0.146. The highest BCUT2D eigenvalue weighted by atomic mass is 127. The highest BCUT2D eigenvalue weighted by Crippen LogP contribution is 2.19. The quantitative estimate of drug-likeness (QED) is 0.571. The molecule has 98 valence electrons. The minimum absolute atomic E-state index is 0.0111. The first-order valence-electron chi connectivity index (χ1n) is 5.09. The average Bonchev–Trinajstić information content (AvgIpc) is 2.31. The lowest BCUT2D eigenvalue weighted by Gasteiger charge is -2.08. The molecule has 0 heterocycles. The molecule has 1 aromatic rings. The number of carboxylic acid groups (broad SMARTS) is 1. The summed E-state index contributed by atoms with van der Waals surface area (Å²) in [5.41, 5.74) is 0.117. The van der Waals surface area contributed by atoms with E-state index in [0.29, 0.717) is 0 Å². The number of amides is 1. The fraction of sp³-hybridized carbons (Fsp3) is 0.273. The summed E-state index contributed by atoms with van der Waals surface area (Å²) in [6.07, 6.45) is -1.60. The molecule has 1 aromatic carbocycles. The van der Waals surface area contributed by atoms with Crippen LogP contribution in [-0.4, -0.2) is 39.8 Å². The number of benzene rings is 1. The molecule has 0 saturated heterocycles. The SMILES string of the molecule is O=C(NCCC(O)C(=O)O)c1cc(I)ccc1O. The minimum atomic E-state index is -1.50. The predicted octanol–water partition coefficient (Wildman–Crippen LogP) is 0.562. The van der Waals surface area contributed by atoms with Crippen molar-refractivity contribution >= 4 is 34.5 Å². The number of nitrogens with one attached hydrogen (secondary N) is 1. The first-order chi connectivity index (χ1) is 8.41. The van der Waals surface area contributed by atoms with E-state index in [4.69, 9.17) is 10.2 Å². The molecule has 0 aromatic heterocycles. The number of rotatable bonds is 5. The van der Waals surface area contributed by atoms with Gasteiger partial charge in [-0.1, -0.05) is 0 Å². The van der Waals surface area contributed by atoms with E-state index in [0.717, 1.165) is 3.57 Å². The number of phenols is 1. The van der Waals surface area contributed by atoms with Gasteiger partial charge in [0.1, 0.15) is 5.75 Å². The summed E-state index contributed by atoms with van der Waals surface area (Å²) in [5, 5.41) is 29.4. The Morgan fingerprint density at radius 1 is 1.39 bits per heavy atom. The maximum Gasteiger partial charge on any atom is 0.332 e. The summed E-state index contributed by atoms with van der Waals surface area (Å²) in [5.74, 6) is -1.99. The first kappa shape index (κ1) is 14.7. The van der Waals surface area contributed by atoms with Gasteiger partial charge in [-0.25, -0.2) is 4.79 Å². The van der Waals surface area contributed by atoms with Crippen molar-refractivity contribution in [1.29, 1.82) is 0 Å². The molecule has 0 aliphatic rings. The van der Waals surface area contributed by atoms with E-state index in [-0.39, 0.29) is 24.3 Å². The molecule has 1 atom stereocenters. The van der Waals surface area contributed by atoms with E-state index in [1.807, 2.05) is 22.6 Å². The molecule has 1 rings (SSSR count). The number of aliphatic carboxylic acids is 1. The Labute approximate surface area is 117 Å². The molecule has 0 saturated carbocycles. The van der Waals surface area contributed by atoms with Crippen LogP contribution in [-0.2, 0) is 4.79 Å². The van der Waals surface area contributed by atoms with Crippen molar-refractivity contribution in [1.82, 2.24) is 5.32 Å². The molecule has 1 amide bonds. The highest BCUT2D eigenvalue weighted by Gasteiger charge is 2.15. The zero-order valence-electron chi connectivity index (χ0n) is 9.26. The van der Waals surface area contributed by atoms with Crippen LogP contribution in [0.3, 0.4) is 0 Å². The van der Waals surface area contributed by atoms with Crippen molar-refractivity contribution in [3.05, 3.63) is 27.3 Å². The number of carboxylic acids is 1. The number of carbonyl (C=O) groups is 2. The Hall–Kier alpha value is -1.35. The smallest absolute Gasteiger partial charge is 0.332 e. The topological polar surface area (TPSA) is 107 Å². The van der Waals surface area contributed by atoms with Crippen molar-refractivity contribution < 1.29 is 24.9 Å². The normalized spacial score (nSPS) is 11.9. The summed E-state index contributed by atoms with van der Waals surface area (Å²) in [6, 6.07) is 4.57. The monoisotopic (exact) mass is 365 g/mol. The van der Waals surface area contributed by atoms with E-state index in [1.165, 1.54) is 12.1 Å². The van der Waals surface area contributed by atoms with Crippen LogP contribution in [0.2, 0.25) is 0 Å². The molecule has 1 unspecified atom stereocenters. The Bertz CT molecular complexity index is 463. The molecule has 0 aliphatic carbocycles. The Morgan fingerprint density at radius 2 is 2.06 bits per heavy atom. The molecular weight excluding hydrogens is 353 g/mol. The molecule has 7 heteroatoms. The largest absolute Gasteiger partial charge is 0.507 e. The van der Waals surface area contributed by atoms with E-state index in [9.17, 15) is 14.7 Å². The molecule has 0 spiro atoms. The Morgan fingerprint density at radius 3 is 2.67 bits per heavy atom. The van der Waals surface area contributed by atoms with Gasteiger partial charge in [-0.3, -0.25) is 4.79 Å². The highest BCUT2D eigenvalue weighted by molar-refractivity contribution is 14.1. The number of carbonyl (C=O) groups excluding carboxylic acids is 1. The van der Waals surface area contributed by atoms with E-state index in [1.54, 1.807) is 6.07 Å². The van der Waals surface area contributed by atoms with Crippen LogP contribution in [0.4, 0.5) is 0 Å². The van der Waals surface area contributed by atoms with E-state index < -0.39 is 18.0 Å². The number of phenolic OH excluding ortho intramolecular Hbond substituents is 1. The van der Waals surface area contributed by atoms with Gasteiger partial charge in [0.05, 0.1) is 5.56 Å². The van der Waals surface area contributed by atoms with Crippen molar-refractivity contribution in [2.24, 2.45) is 0 Å². The van der Waals surface area contributed by atoms with Crippen LogP contribution in [0.5, 0.6) is 5.75 Å². The molecule has 0 fully saturated rings. The fourth-order valence-electron chi connectivity index (χ4n) is 1.23. The van der Waals surface area contributed by atoms with Gasteiger partial charge < -0.3 is 20.6 Å². The van der Waals surface area contributed by atoms with Gasteiger partial charge in [0.25, 0.3) is 5.91 Å². The molecule has 0 aliphatic heterocycles. The second kappa shape index (κ2) is 6.55. The molecule has 0 radical (unpaired) electrons. The van der Waals surface area contributed by atoms with Crippen molar-refractivity contribution in [3.63, 3.8) is 0 Å². The summed E-state index contributed by atoms with van der Waals surface area (Å²) < 4.78 is 0.793. The van der Waals surface area contributed by atoms with Gasteiger partial charge >= 0.3 is 5.97 Å². The third-order valence-corrected chi connectivity index (χ3v) is 2.86. The van der Waals surface area contributed by atoms with Gasteiger partial charge in [-0.2, -0.15) is 0 Å². The van der Waals surface area contributed by atoms with Gasteiger partial charge in [0, 0.05) is 16.5 Å². The number of hydrogen-bond donors (Lipinski definition) is 4. The second-order valence-electron chi connectivity index (χ2n) is 3.56. The summed E-state index contributed by atoms with van der Waals surface area (Å²) in [6.45, 7) is 0.0111. The lowest BCUT2D eigenvalue weighted by atomic mass is 10.2. The van der Waals surface area contributed by atoms with Crippen LogP contribution >= 0.6 is 22.6 Å². The third-order valence-electron chi connectivity index (χ3n) is 2.19. The number of aromatic hydroxyl groups is 1. The second-order valence-corrected chi connectivity index (χ2v) is 4.81. The van der Waals surface area contributed by atoms with Gasteiger partial charge in [-0.15, -0.1) is 0 Å². The maximum absolute atomic E-state index is 11.7. The Balaban J connectivity index is 2.55. The minimum Gasteiger partial charge on any atom is -0.507 e. The number of aliphatic hydroxyl groups is 1. The molecule has 4 N–H and O–H groups in total. The number of aliphatic hydroxyl groups excluding tert-OH is 1. The zero-order chi connectivity index (χ0) is 13.7. The predicted molar refractivity (Wildman–Crippen MR) is 71.4 cm³/mol. The van der Waals surface area contributed by atoms with E-state index in [2.05, 4.69) is 5.32 Å². The molecule has 6 nitrogen and oxygen atoms in total. The fourth-order valence-corrected chi connectivity index (χ4v) is 1.72. The van der Waals surface area contributed by atoms with Crippen LogP contribution in [0.1, 0.15) is 16.8 Å². The molecular formula is C11H12INO5. The van der Waals surface area contributed by atoms with Crippen molar-refractivity contribution in [3.8, 4) is 5.75 Å². The summed E-state index contributed by atoms with van der Waals surface area (Å²) in [7, 11) is 0. The molecule has 0 bridgehead atoms. The maximum atomic E-state index is 11.7. The standard InChI is InChI=1S/C11H12INO5/c12-6-1-2-8(14)7(5-6)10(16)13-4-3-9(15)11(17)18/h1-2,5,9,14-15H,3-4H2,(H,13,16)(H,17,18). The number of halogens is 1. The van der Waals surface area contributed by atoms with Crippen LogP contribution in [0.15, 0.2) is 18.2 Å². The van der Waals surface area contributed by atoms with Gasteiger partial charge in [0.15, 0.2) is 6.10 Å². The van der Waals surface area contributed by atoms with Gasteiger partial charge in [0.2, 0.25) is 0 Å². The summed E-state index contributed by atoms with van der Waals surface area (Å²) in [4.78, 5) is 22.0. The third kappa shape index (κ3) is 4.15. The first-order valence-corrected chi connectivity index (χ1v) is 6.17. The van der Waals surface area contributed by atoms with Crippen LogP contribution in [0, 0.1) is 3.57 Å². The molecule has 18 heavy (non-hydrogen) atoms. The van der Waals surface area contributed by atoms with Crippen molar-refractivity contribution in [2.45, 2.75) is 12.5 Å².